The molecule has 10 heavy (non-hydrogen) atoms. The van der Waals surface area contributed by atoms with Crippen LogP contribution in [0, 0.1) is 2.88 Å². The Morgan fingerprint density at radius 1 is 1.70 bits per heavy atom. The van der Waals surface area contributed by atoms with Gasteiger partial charge in [0, 0.05) is 4.88 Å². The van der Waals surface area contributed by atoms with Gasteiger partial charge in [0.2, 0.25) is 0 Å². The third-order valence-electron chi connectivity index (χ3n) is 1.27. The van der Waals surface area contributed by atoms with Crippen molar-refractivity contribution in [2.24, 2.45) is 5.84 Å². The first-order valence-electron chi connectivity index (χ1n) is 2.95. The fourth-order valence-electron chi connectivity index (χ4n) is 0.643. The third-order valence-corrected chi connectivity index (χ3v) is 3.35. The van der Waals surface area contributed by atoms with Gasteiger partial charge in [-0.3, -0.25) is 11.3 Å². The minimum absolute atomic E-state index is 0.272. The van der Waals surface area contributed by atoms with Crippen LogP contribution in [0.25, 0.3) is 0 Å². The lowest BCUT2D eigenvalue weighted by molar-refractivity contribution is 0.612. The van der Waals surface area contributed by atoms with Crippen LogP contribution < -0.4 is 11.3 Å². The molecule has 0 aliphatic carbocycles. The number of hydrazine groups is 1. The van der Waals surface area contributed by atoms with Crippen molar-refractivity contribution in [2.75, 3.05) is 0 Å². The molecule has 1 rings (SSSR count). The molecule has 56 valence electrons. The lowest BCUT2D eigenvalue weighted by atomic mass is 10.3. The van der Waals surface area contributed by atoms with Crippen LogP contribution in [0.5, 0.6) is 0 Å². The highest BCUT2D eigenvalue weighted by Crippen LogP contribution is 2.23. The second-order valence-electron chi connectivity index (χ2n) is 2.03. The van der Waals surface area contributed by atoms with Gasteiger partial charge in [0.05, 0.1) is 8.93 Å². The predicted octanol–water partition coefficient (Wildman–Crippen LogP) is 1.88. The molecule has 0 aromatic carbocycles. The zero-order valence-corrected chi connectivity index (χ0v) is 8.57. The highest BCUT2D eigenvalue weighted by atomic mass is 127. The Balaban J connectivity index is 2.74. The smallest absolute Gasteiger partial charge is 0.0656 e. The maximum Gasteiger partial charge on any atom is 0.0656 e. The van der Waals surface area contributed by atoms with Crippen molar-refractivity contribution in [3.63, 3.8) is 0 Å². The first kappa shape index (κ1) is 8.45. The number of rotatable bonds is 2. The normalized spacial score (nSPS) is 13.5. The van der Waals surface area contributed by atoms with Crippen LogP contribution in [-0.4, -0.2) is 0 Å². The Morgan fingerprint density at radius 3 is 2.80 bits per heavy atom. The van der Waals surface area contributed by atoms with Crippen LogP contribution in [-0.2, 0) is 0 Å². The SMILES string of the molecule is C[C@H](NN)c1ccc(I)s1. The lowest BCUT2D eigenvalue weighted by Crippen LogP contribution is -2.24. The van der Waals surface area contributed by atoms with E-state index < -0.39 is 0 Å². The van der Waals surface area contributed by atoms with Gasteiger partial charge in [0.15, 0.2) is 0 Å². The van der Waals surface area contributed by atoms with Crippen molar-refractivity contribution in [1.29, 1.82) is 0 Å². The van der Waals surface area contributed by atoms with Crippen molar-refractivity contribution >= 4 is 33.9 Å². The van der Waals surface area contributed by atoms with E-state index in [1.165, 1.54) is 7.76 Å². The summed E-state index contributed by atoms with van der Waals surface area (Å²) in [5.41, 5.74) is 2.70. The zero-order chi connectivity index (χ0) is 7.56. The van der Waals surface area contributed by atoms with Crippen LogP contribution in [0.15, 0.2) is 12.1 Å². The largest absolute Gasteiger partial charge is 0.271 e. The van der Waals surface area contributed by atoms with Gasteiger partial charge in [-0.25, -0.2) is 0 Å². The molecule has 3 N–H and O–H groups in total. The Morgan fingerprint density at radius 2 is 2.40 bits per heavy atom. The van der Waals surface area contributed by atoms with Gasteiger partial charge in [-0.15, -0.1) is 11.3 Å². The molecule has 1 heterocycles. The third kappa shape index (κ3) is 1.91. The molecule has 1 aromatic rings. The molecule has 0 aliphatic heterocycles. The van der Waals surface area contributed by atoms with E-state index in [1.54, 1.807) is 11.3 Å². The summed E-state index contributed by atoms with van der Waals surface area (Å²) in [5.74, 6) is 5.27. The van der Waals surface area contributed by atoms with Crippen LogP contribution in [0.3, 0.4) is 0 Å². The molecule has 0 bridgehead atoms. The second kappa shape index (κ2) is 3.66. The van der Waals surface area contributed by atoms with Crippen molar-refractivity contribution in [3.8, 4) is 0 Å². The average molecular weight is 268 g/mol. The van der Waals surface area contributed by atoms with E-state index in [4.69, 9.17) is 5.84 Å². The molecule has 0 saturated carbocycles. The molecule has 0 spiro atoms. The van der Waals surface area contributed by atoms with Gasteiger partial charge < -0.3 is 0 Å². The van der Waals surface area contributed by atoms with E-state index in [1.807, 2.05) is 6.92 Å². The summed E-state index contributed by atoms with van der Waals surface area (Å²) in [4.78, 5) is 1.28. The van der Waals surface area contributed by atoms with Crippen molar-refractivity contribution in [1.82, 2.24) is 5.43 Å². The monoisotopic (exact) mass is 268 g/mol. The van der Waals surface area contributed by atoms with Gasteiger partial charge >= 0.3 is 0 Å². The minimum atomic E-state index is 0.272. The molecule has 4 heteroatoms. The Hall–Kier alpha value is 0.350. The number of hydrogen-bond donors (Lipinski definition) is 2. The molecule has 1 aromatic heterocycles. The number of nitrogens with two attached hydrogens (primary N) is 1. The Labute approximate surface area is 77.9 Å². The molecular formula is C6H9IN2S. The number of nitrogens with one attached hydrogen (secondary N) is 1. The first-order chi connectivity index (χ1) is 4.74. The van der Waals surface area contributed by atoms with Crippen LogP contribution in [0.1, 0.15) is 17.8 Å². The highest BCUT2D eigenvalue weighted by Gasteiger charge is 2.03. The summed E-state index contributed by atoms with van der Waals surface area (Å²) in [6.45, 7) is 2.04. The van der Waals surface area contributed by atoms with E-state index in [9.17, 15) is 0 Å². The quantitative estimate of drug-likeness (QED) is 0.488. The fourth-order valence-corrected chi connectivity index (χ4v) is 2.33. The maximum atomic E-state index is 5.27. The van der Waals surface area contributed by atoms with Gasteiger partial charge in [-0.05, 0) is 41.6 Å². The van der Waals surface area contributed by atoms with Crippen molar-refractivity contribution in [2.45, 2.75) is 13.0 Å². The second-order valence-corrected chi connectivity index (χ2v) is 5.04. The lowest BCUT2D eigenvalue weighted by Gasteiger charge is -2.04. The Bertz CT molecular complexity index is 211. The minimum Gasteiger partial charge on any atom is -0.271 e. The summed E-state index contributed by atoms with van der Waals surface area (Å²) in [5, 5.41) is 0. The van der Waals surface area contributed by atoms with Crippen molar-refractivity contribution in [3.05, 3.63) is 19.9 Å². The summed E-state index contributed by atoms with van der Waals surface area (Å²) >= 11 is 4.06. The molecule has 0 unspecified atom stereocenters. The summed E-state index contributed by atoms with van der Waals surface area (Å²) in [6.07, 6.45) is 0. The molecular weight excluding hydrogens is 259 g/mol. The van der Waals surface area contributed by atoms with E-state index in [-0.39, 0.29) is 6.04 Å². The summed E-state index contributed by atoms with van der Waals surface area (Å²) in [6, 6.07) is 4.46. The van der Waals surface area contributed by atoms with Gasteiger partial charge in [-0.2, -0.15) is 0 Å². The summed E-state index contributed by atoms with van der Waals surface area (Å²) < 4.78 is 1.30. The van der Waals surface area contributed by atoms with E-state index in [0.717, 1.165) is 0 Å². The zero-order valence-electron chi connectivity index (χ0n) is 5.60. The molecule has 0 aliphatic rings. The molecule has 2 nitrogen and oxygen atoms in total. The van der Waals surface area contributed by atoms with Crippen LogP contribution >= 0.6 is 33.9 Å². The number of hydrogen-bond acceptors (Lipinski definition) is 3. The molecule has 1 atom stereocenters. The van der Waals surface area contributed by atoms with Crippen LogP contribution in [0.4, 0.5) is 0 Å². The van der Waals surface area contributed by atoms with E-state index in [0.29, 0.717) is 0 Å². The molecule has 0 fully saturated rings. The Kier molecular flexibility index (Phi) is 3.09. The number of thiophene rings is 1. The topological polar surface area (TPSA) is 38.0 Å². The van der Waals surface area contributed by atoms with Gasteiger partial charge in [-0.1, -0.05) is 0 Å². The average Bonchev–Trinajstić information content (AvgIpc) is 2.34. The maximum absolute atomic E-state index is 5.27. The van der Waals surface area contributed by atoms with E-state index >= 15 is 0 Å². The summed E-state index contributed by atoms with van der Waals surface area (Å²) in [7, 11) is 0. The predicted molar refractivity (Wildman–Crippen MR) is 52.8 cm³/mol. The first-order valence-corrected chi connectivity index (χ1v) is 4.85. The van der Waals surface area contributed by atoms with E-state index in [2.05, 4.69) is 40.1 Å². The van der Waals surface area contributed by atoms with Gasteiger partial charge in [0.1, 0.15) is 0 Å². The molecule has 0 amide bonds. The molecule has 0 radical (unpaired) electrons. The van der Waals surface area contributed by atoms with Crippen LogP contribution in [0.2, 0.25) is 0 Å². The highest BCUT2D eigenvalue weighted by molar-refractivity contribution is 14.1. The fraction of sp³-hybridized carbons (Fsp3) is 0.333. The standard InChI is InChI=1S/C6H9IN2S/c1-4(9-8)5-2-3-6(7)10-5/h2-4,9H,8H2,1H3/t4-/m0/s1. The number of halogens is 1. The molecule has 0 saturated heterocycles. The van der Waals surface area contributed by atoms with Crippen molar-refractivity contribution < 1.29 is 0 Å². The van der Waals surface area contributed by atoms with Gasteiger partial charge in [0.25, 0.3) is 0 Å².